The standard InChI is InChI=1S/C16H21N3O/c1-13-7-8-18(16(13)12-20)10-14-9-17-19(11-14)15-5-3-2-4-6-15/h2-6,9,11,13,16,20H,7-8,10,12H2,1H3. The largest absolute Gasteiger partial charge is 0.395 e. The molecule has 4 heteroatoms. The maximum Gasteiger partial charge on any atom is 0.0645 e. The number of aliphatic hydroxyl groups is 1. The molecule has 20 heavy (non-hydrogen) atoms. The summed E-state index contributed by atoms with van der Waals surface area (Å²) in [5.41, 5.74) is 2.27. The molecule has 1 aliphatic rings. The molecule has 2 unspecified atom stereocenters. The number of nitrogens with zero attached hydrogens (tertiary/aromatic N) is 3. The normalized spacial score (nSPS) is 23.3. The molecule has 1 saturated heterocycles. The van der Waals surface area contributed by atoms with Gasteiger partial charge in [-0.05, 0) is 31.0 Å². The van der Waals surface area contributed by atoms with E-state index in [0.29, 0.717) is 5.92 Å². The van der Waals surface area contributed by atoms with E-state index in [0.717, 1.165) is 25.2 Å². The van der Waals surface area contributed by atoms with Crippen LogP contribution in [0.1, 0.15) is 18.9 Å². The molecule has 1 aromatic carbocycles. The zero-order valence-corrected chi connectivity index (χ0v) is 11.8. The lowest BCUT2D eigenvalue weighted by Crippen LogP contribution is -2.34. The lowest BCUT2D eigenvalue weighted by Gasteiger charge is -2.24. The summed E-state index contributed by atoms with van der Waals surface area (Å²) in [6.07, 6.45) is 5.16. The zero-order valence-electron chi connectivity index (χ0n) is 11.8. The Bertz CT molecular complexity index is 552. The van der Waals surface area contributed by atoms with Crippen molar-refractivity contribution in [3.05, 3.63) is 48.3 Å². The molecule has 0 bridgehead atoms. The van der Waals surface area contributed by atoms with E-state index in [9.17, 15) is 5.11 Å². The average molecular weight is 271 g/mol. The number of likely N-dealkylation sites (tertiary alicyclic amines) is 1. The van der Waals surface area contributed by atoms with Crippen molar-refractivity contribution in [1.29, 1.82) is 0 Å². The minimum Gasteiger partial charge on any atom is -0.395 e. The third-order valence-corrected chi connectivity index (χ3v) is 4.23. The topological polar surface area (TPSA) is 41.3 Å². The van der Waals surface area contributed by atoms with Crippen LogP contribution in [0, 0.1) is 5.92 Å². The lowest BCUT2D eigenvalue weighted by molar-refractivity contribution is 0.134. The Labute approximate surface area is 119 Å². The van der Waals surface area contributed by atoms with E-state index in [-0.39, 0.29) is 12.6 Å². The fourth-order valence-corrected chi connectivity index (χ4v) is 2.98. The van der Waals surface area contributed by atoms with Gasteiger partial charge in [-0.2, -0.15) is 5.10 Å². The summed E-state index contributed by atoms with van der Waals surface area (Å²) in [5.74, 6) is 0.573. The molecule has 106 valence electrons. The van der Waals surface area contributed by atoms with Crippen molar-refractivity contribution < 1.29 is 5.11 Å². The van der Waals surface area contributed by atoms with Crippen molar-refractivity contribution in [2.75, 3.05) is 13.2 Å². The van der Waals surface area contributed by atoms with E-state index in [1.807, 2.05) is 41.2 Å². The molecule has 2 atom stereocenters. The Hall–Kier alpha value is -1.65. The first-order valence-electron chi connectivity index (χ1n) is 7.22. The van der Waals surface area contributed by atoms with Crippen LogP contribution in [0.4, 0.5) is 0 Å². The smallest absolute Gasteiger partial charge is 0.0645 e. The molecule has 1 N–H and O–H groups in total. The van der Waals surface area contributed by atoms with E-state index in [1.165, 1.54) is 5.56 Å². The van der Waals surface area contributed by atoms with Gasteiger partial charge in [0, 0.05) is 24.3 Å². The molecule has 0 amide bonds. The first kappa shape index (κ1) is 13.3. The third kappa shape index (κ3) is 2.62. The van der Waals surface area contributed by atoms with Gasteiger partial charge < -0.3 is 5.11 Å². The van der Waals surface area contributed by atoms with Gasteiger partial charge in [-0.25, -0.2) is 4.68 Å². The van der Waals surface area contributed by atoms with Crippen LogP contribution in [-0.2, 0) is 6.54 Å². The molecule has 1 aromatic heterocycles. The quantitative estimate of drug-likeness (QED) is 0.925. The van der Waals surface area contributed by atoms with Crippen LogP contribution in [-0.4, -0.2) is 39.0 Å². The number of hydrogen-bond donors (Lipinski definition) is 1. The van der Waals surface area contributed by atoms with Crippen molar-refractivity contribution in [1.82, 2.24) is 14.7 Å². The molecule has 1 aliphatic heterocycles. The maximum atomic E-state index is 9.51. The maximum absolute atomic E-state index is 9.51. The number of hydrogen-bond acceptors (Lipinski definition) is 3. The van der Waals surface area contributed by atoms with Gasteiger partial charge in [0.15, 0.2) is 0 Å². The Balaban J connectivity index is 1.72. The molecule has 0 radical (unpaired) electrons. The van der Waals surface area contributed by atoms with Gasteiger partial charge in [0.05, 0.1) is 18.5 Å². The lowest BCUT2D eigenvalue weighted by atomic mass is 10.0. The summed E-state index contributed by atoms with van der Waals surface area (Å²) in [4.78, 5) is 2.36. The Morgan fingerprint density at radius 1 is 1.30 bits per heavy atom. The summed E-state index contributed by atoms with van der Waals surface area (Å²) >= 11 is 0. The second-order valence-electron chi connectivity index (χ2n) is 5.62. The van der Waals surface area contributed by atoms with Crippen molar-refractivity contribution in [2.24, 2.45) is 5.92 Å². The van der Waals surface area contributed by atoms with Crippen LogP contribution in [0.25, 0.3) is 5.69 Å². The Morgan fingerprint density at radius 2 is 2.10 bits per heavy atom. The third-order valence-electron chi connectivity index (χ3n) is 4.23. The number of benzene rings is 1. The van der Waals surface area contributed by atoms with Gasteiger partial charge in [0.1, 0.15) is 0 Å². The minimum absolute atomic E-state index is 0.244. The van der Waals surface area contributed by atoms with Crippen LogP contribution in [0.2, 0.25) is 0 Å². The molecule has 0 spiro atoms. The summed E-state index contributed by atoms with van der Waals surface area (Å²) in [7, 11) is 0. The van der Waals surface area contributed by atoms with E-state index < -0.39 is 0 Å². The molecule has 0 aliphatic carbocycles. The summed E-state index contributed by atoms with van der Waals surface area (Å²) in [6, 6.07) is 10.4. The van der Waals surface area contributed by atoms with Gasteiger partial charge in [-0.3, -0.25) is 4.90 Å². The van der Waals surface area contributed by atoms with Crippen LogP contribution in [0.5, 0.6) is 0 Å². The predicted octanol–water partition coefficient (Wildman–Crippen LogP) is 2.08. The molecule has 4 nitrogen and oxygen atoms in total. The monoisotopic (exact) mass is 271 g/mol. The van der Waals surface area contributed by atoms with Crippen molar-refractivity contribution in [3.8, 4) is 5.69 Å². The number of rotatable bonds is 4. The second kappa shape index (κ2) is 5.77. The molecule has 3 rings (SSSR count). The highest BCUT2D eigenvalue weighted by molar-refractivity contribution is 5.30. The van der Waals surface area contributed by atoms with Gasteiger partial charge in [0.2, 0.25) is 0 Å². The van der Waals surface area contributed by atoms with E-state index in [2.05, 4.69) is 23.1 Å². The minimum atomic E-state index is 0.244. The van der Waals surface area contributed by atoms with Gasteiger partial charge >= 0.3 is 0 Å². The molecular weight excluding hydrogens is 250 g/mol. The molecule has 1 fully saturated rings. The predicted molar refractivity (Wildman–Crippen MR) is 78.6 cm³/mol. The highest BCUT2D eigenvalue weighted by atomic mass is 16.3. The highest BCUT2D eigenvalue weighted by Gasteiger charge is 2.30. The second-order valence-corrected chi connectivity index (χ2v) is 5.62. The first-order valence-corrected chi connectivity index (χ1v) is 7.22. The van der Waals surface area contributed by atoms with Crippen LogP contribution in [0.15, 0.2) is 42.7 Å². The number of aliphatic hydroxyl groups excluding tert-OH is 1. The van der Waals surface area contributed by atoms with Crippen molar-refractivity contribution in [2.45, 2.75) is 25.9 Å². The molecular formula is C16H21N3O. The fraction of sp³-hybridized carbons (Fsp3) is 0.438. The Morgan fingerprint density at radius 3 is 2.85 bits per heavy atom. The summed E-state index contributed by atoms with van der Waals surface area (Å²) in [6.45, 7) is 4.38. The van der Waals surface area contributed by atoms with Gasteiger partial charge in [0.25, 0.3) is 0 Å². The molecule has 2 aromatic rings. The van der Waals surface area contributed by atoms with Crippen LogP contribution >= 0.6 is 0 Å². The van der Waals surface area contributed by atoms with Crippen molar-refractivity contribution in [3.63, 3.8) is 0 Å². The van der Waals surface area contributed by atoms with E-state index in [4.69, 9.17) is 0 Å². The SMILES string of the molecule is CC1CCN(Cc2cnn(-c3ccccc3)c2)C1CO. The van der Waals surface area contributed by atoms with Crippen LogP contribution in [0.3, 0.4) is 0 Å². The molecule has 0 saturated carbocycles. The number of para-hydroxylation sites is 1. The van der Waals surface area contributed by atoms with Gasteiger partial charge in [-0.1, -0.05) is 25.1 Å². The van der Waals surface area contributed by atoms with Gasteiger partial charge in [-0.15, -0.1) is 0 Å². The average Bonchev–Trinajstić information content (AvgIpc) is 3.08. The van der Waals surface area contributed by atoms with Crippen LogP contribution < -0.4 is 0 Å². The first-order chi connectivity index (χ1) is 9.78. The molecule has 2 heterocycles. The van der Waals surface area contributed by atoms with E-state index in [1.54, 1.807) is 0 Å². The summed E-state index contributed by atoms with van der Waals surface area (Å²) < 4.78 is 1.91. The Kier molecular flexibility index (Phi) is 3.85. The highest BCUT2D eigenvalue weighted by Crippen LogP contribution is 2.25. The van der Waals surface area contributed by atoms with Crippen molar-refractivity contribution >= 4 is 0 Å². The summed E-state index contributed by atoms with van der Waals surface area (Å²) in [5, 5.41) is 13.9. The number of aromatic nitrogens is 2. The van der Waals surface area contributed by atoms with E-state index >= 15 is 0 Å². The fourth-order valence-electron chi connectivity index (χ4n) is 2.98. The zero-order chi connectivity index (χ0) is 13.9.